The maximum atomic E-state index is 12.9. The molecule has 0 radical (unpaired) electrons. The fourth-order valence-corrected chi connectivity index (χ4v) is 3.88. The molecule has 1 aromatic heterocycles. The summed E-state index contributed by atoms with van der Waals surface area (Å²) in [7, 11) is 0. The van der Waals surface area contributed by atoms with Gasteiger partial charge in [0.2, 0.25) is 5.91 Å². The zero-order valence-electron chi connectivity index (χ0n) is 16.6. The van der Waals surface area contributed by atoms with E-state index in [-0.39, 0.29) is 18.1 Å². The van der Waals surface area contributed by atoms with Crippen LogP contribution in [0, 0.1) is 0 Å². The lowest BCUT2D eigenvalue weighted by atomic mass is 10.1. The first-order valence-electron chi connectivity index (χ1n) is 9.70. The third-order valence-corrected chi connectivity index (χ3v) is 5.74. The molecular formula is C22H25N3O3S. The van der Waals surface area contributed by atoms with Crippen LogP contribution in [0.15, 0.2) is 58.5 Å². The van der Waals surface area contributed by atoms with Crippen LogP contribution in [0.3, 0.4) is 0 Å². The number of fused-ring (bicyclic) bond motifs is 1. The topological polar surface area (TPSA) is 84.2 Å². The SMILES string of the molecule is CCc1ccc(NC(=O)C(C)Sc2nc3ccccc3c(=O)n2CCCO)cc1. The first-order chi connectivity index (χ1) is 14.0. The van der Waals surface area contributed by atoms with Gasteiger partial charge in [-0.1, -0.05) is 43.0 Å². The second-order valence-electron chi connectivity index (χ2n) is 6.75. The molecule has 1 atom stereocenters. The lowest BCUT2D eigenvalue weighted by molar-refractivity contribution is -0.115. The molecule has 0 bridgehead atoms. The molecule has 6 nitrogen and oxygen atoms in total. The van der Waals surface area contributed by atoms with Crippen molar-refractivity contribution in [2.24, 2.45) is 0 Å². The molecule has 7 heteroatoms. The van der Waals surface area contributed by atoms with Crippen LogP contribution >= 0.6 is 11.8 Å². The average molecular weight is 412 g/mol. The number of benzene rings is 2. The summed E-state index contributed by atoms with van der Waals surface area (Å²) < 4.78 is 1.54. The summed E-state index contributed by atoms with van der Waals surface area (Å²) in [4.78, 5) is 30.1. The number of carbonyl (C=O) groups is 1. The molecule has 2 N–H and O–H groups in total. The van der Waals surface area contributed by atoms with Crippen molar-refractivity contribution in [1.29, 1.82) is 0 Å². The molecule has 0 spiro atoms. The van der Waals surface area contributed by atoms with Crippen LogP contribution in [-0.4, -0.2) is 32.4 Å². The van der Waals surface area contributed by atoms with Gasteiger partial charge in [0.05, 0.1) is 16.2 Å². The summed E-state index contributed by atoms with van der Waals surface area (Å²) in [6, 6.07) is 14.9. The third kappa shape index (κ3) is 5.05. The fourth-order valence-electron chi connectivity index (χ4n) is 2.94. The number of hydrogen-bond donors (Lipinski definition) is 2. The van der Waals surface area contributed by atoms with E-state index < -0.39 is 5.25 Å². The number of nitrogens with zero attached hydrogens (tertiary/aromatic N) is 2. The molecule has 29 heavy (non-hydrogen) atoms. The molecule has 0 aliphatic rings. The van der Waals surface area contributed by atoms with Crippen molar-refractivity contribution in [1.82, 2.24) is 9.55 Å². The summed E-state index contributed by atoms with van der Waals surface area (Å²) in [5.74, 6) is -0.157. The predicted octanol–water partition coefficient (Wildman–Crippen LogP) is 3.46. The highest BCUT2D eigenvalue weighted by atomic mass is 32.2. The van der Waals surface area contributed by atoms with Crippen molar-refractivity contribution >= 4 is 34.3 Å². The Bertz CT molecular complexity index is 1050. The standard InChI is InChI=1S/C22H25N3O3S/c1-3-16-9-11-17(12-10-16)23-20(27)15(2)29-22-24-19-8-5-4-7-18(19)21(28)25(22)13-6-14-26/h4-5,7-12,15,26H,3,6,13-14H2,1-2H3,(H,23,27). The van der Waals surface area contributed by atoms with Crippen LogP contribution in [0.1, 0.15) is 25.8 Å². The molecule has 0 saturated carbocycles. The van der Waals surface area contributed by atoms with E-state index in [0.717, 1.165) is 12.1 Å². The molecule has 0 aliphatic heterocycles. The minimum Gasteiger partial charge on any atom is -0.396 e. The first-order valence-corrected chi connectivity index (χ1v) is 10.6. The third-order valence-electron chi connectivity index (χ3n) is 4.65. The maximum absolute atomic E-state index is 12.9. The normalized spacial score (nSPS) is 12.1. The Balaban J connectivity index is 1.83. The van der Waals surface area contributed by atoms with Crippen LogP contribution in [-0.2, 0) is 17.8 Å². The highest BCUT2D eigenvalue weighted by molar-refractivity contribution is 8.00. The summed E-state index contributed by atoms with van der Waals surface area (Å²) in [5, 5.41) is 12.7. The monoisotopic (exact) mass is 411 g/mol. The molecule has 1 amide bonds. The second kappa shape index (κ2) is 9.71. The Morgan fingerprint density at radius 2 is 1.93 bits per heavy atom. The number of para-hydroxylation sites is 1. The smallest absolute Gasteiger partial charge is 0.262 e. The maximum Gasteiger partial charge on any atom is 0.262 e. The summed E-state index contributed by atoms with van der Waals surface area (Å²) >= 11 is 1.24. The molecule has 0 fully saturated rings. The van der Waals surface area contributed by atoms with E-state index in [2.05, 4.69) is 17.2 Å². The average Bonchev–Trinajstić information content (AvgIpc) is 2.74. The first kappa shape index (κ1) is 21.1. The number of anilines is 1. The number of thioether (sulfide) groups is 1. The van der Waals surface area contributed by atoms with Gasteiger partial charge in [-0.3, -0.25) is 14.2 Å². The number of amides is 1. The minimum atomic E-state index is -0.450. The van der Waals surface area contributed by atoms with Crippen molar-refractivity contribution in [2.75, 3.05) is 11.9 Å². The summed E-state index contributed by atoms with van der Waals surface area (Å²) in [6.45, 7) is 4.20. The van der Waals surface area contributed by atoms with E-state index in [1.54, 1.807) is 29.7 Å². The van der Waals surface area contributed by atoms with Crippen LogP contribution in [0.2, 0.25) is 0 Å². The van der Waals surface area contributed by atoms with E-state index in [0.29, 0.717) is 29.0 Å². The lowest BCUT2D eigenvalue weighted by Gasteiger charge is -2.16. The van der Waals surface area contributed by atoms with E-state index in [1.807, 2.05) is 30.3 Å². The van der Waals surface area contributed by atoms with Crippen LogP contribution in [0.5, 0.6) is 0 Å². The van der Waals surface area contributed by atoms with Gasteiger partial charge >= 0.3 is 0 Å². The van der Waals surface area contributed by atoms with Gasteiger partial charge in [-0.05, 0) is 49.6 Å². The van der Waals surface area contributed by atoms with Gasteiger partial charge in [-0.2, -0.15) is 0 Å². The number of aliphatic hydroxyl groups excluding tert-OH is 1. The van der Waals surface area contributed by atoms with Crippen LogP contribution < -0.4 is 10.9 Å². The molecule has 0 aliphatic carbocycles. The minimum absolute atomic E-state index is 0.0207. The Hall–Kier alpha value is -2.64. The number of nitrogens with one attached hydrogen (secondary N) is 1. The molecule has 1 unspecified atom stereocenters. The van der Waals surface area contributed by atoms with E-state index in [4.69, 9.17) is 0 Å². The van der Waals surface area contributed by atoms with Crippen LogP contribution in [0.4, 0.5) is 5.69 Å². The molecule has 3 aromatic rings. The van der Waals surface area contributed by atoms with Crippen molar-refractivity contribution in [2.45, 2.75) is 43.6 Å². The molecule has 3 rings (SSSR count). The number of aryl methyl sites for hydroxylation is 1. The van der Waals surface area contributed by atoms with Gasteiger partial charge in [0.25, 0.3) is 5.56 Å². The Morgan fingerprint density at radius 1 is 1.21 bits per heavy atom. The fraction of sp³-hybridized carbons (Fsp3) is 0.318. The van der Waals surface area contributed by atoms with Gasteiger partial charge in [-0.25, -0.2) is 4.98 Å². The lowest BCUT2D eigenvalue weighted by Crippen LogP contribution is -2.27. The largest absolute Gasteiger partial charge is 0.396 e. The summed E-state index contributed by atoms with van der Waals surface area (Å²) in [6.07, 6.45) is 1.39. The Labute approximate surface area is 174 Å². The van der Waals surface area contributed by atoms with E-state index in [9.17, 15) is 14.7 Å². The number of carbonyl (C=O) groups excluding carboxylic acids is 1. The molecule has 0 saturated heterocycles. The van der Waals surface area contributed by atoms with Gasteiger partial charge in [0, 0.05) is 18.8 Å². The molecule has 2 aromatic carbocycles. The Morgan fingerprint density at radius 3 is 2.62 bits per heavy atom. The zero-order valence-corrected chi connectivity index (χ0v) is 17.4. The number of aromatic nitrogens is 2. The van der Waals surface area contributed by atoms with E-state index >= 15 is 0 Å². The highest BCUT2D eigenvalue weighted by Gasteiger charge is 2.19. The van der Waals surface area contributed by atoms with Gasteiger partial charge in [0.15, 0.2) is 5.16 Å². The molecule has 152 valence electrons. The zero-order chi connectivity index (χ0) is 20.8. The van der Waals surface area contributed by atoms with Crippen molar-refractivity contribution in [3.63, 3.8) is 0 Å². The second-order valence-corrected chi connectivity index (χ2v) is 8.05. The quantitative estimate of drug-likeness (QED) is 0.438. The predicted molar refractivity (Wildman–Crippen MR) is 117 cm³/mol. The van der Waals surface area contributed by atoms with Gasteiger partial charge in [-0.15, -0.1) is 0 Å². The molecule has 1 heterocycles. The number of hydrogen-bond acceptors (Lipinski definition) is 5. The van der Waals surface area contributed by atoms with Crippen molar-refractivity contribution in [3.05, 3.63) is 64.4 Å². The van der Waals surface area contributed by atoms with E-state index in [1.165, 1.54) is 17.3 Å². The van der Waals surface area contributed by atoms with Gasteiger partial charge in [0.1, 0.15) is 0 Å². The van der Waals surface area contributed by atoms with Crippen LogP contribution in [0.25, 0.3) is 10.9 Å². The molecular weight excluding hydrogens is 386 g/mol. The number of rotatable bonds is 8. The highest BCUT2D eigenvalue weighted by Crippen LogP contribution is 2.24. The summed E-state index contributed by atoms with van der Waals surface area (Å²) in [5.41, 5.74) is 2.39. The van der Waals surface area contributed by atoms with Crippen molar-refractivity contribution < 1.29 is 9.90 Å². The Kier molecular flexibility index (Phi) is 7.06. The number of aliphatic hydroxyl groups is 1. The van der Waals surface area contributed by atoms with Crippen molar-refractivity contribution in [3.8, 4) is 0 Å². The van der Waals surface area contributed by atoms with Gasteiger partial charge < -0.3 is 10.4 Å².